The van der Waals surface area contributed by atoms with E-state index in [9.17, 15) is 19.5 Å². The van der Waals surface area contributed by atoms with Gasteiger partial charge in [-0.25, -0.2) is 9.59 Å². The van der Waals surface area contributed by atoms with Crippen molar-refractivity contribution in [3.63, 3.8) is 0 Å². The van der Waals surface area contributed by atoms with Crippen molar-refractivity contribution in [1.29, 1.82) is 0 Å². The molecule has 0 spiro atoms. The van der Waals surface area contributed by atoms with Crippen LogP contribution in [0.4, 0.5) is 5.69 Å². The number of carbonyl (C=O) groups excluding carboxylic acids is 2. The maximum Gasteiger partial charge on any atom is 0.343 e. The van der Waals surface area contributed by atoms with Gasteiger partial charge in [0, 0.05) is 11.1 Å². The number of carbonyl (C=O) groups is 3. The zero-order valence-corrected chi connectivity index (χ0v) is 20.1. The molecule has 0 bridgehead atoms. The molecular weight excluding hydrogens is 458 g/mol. The molecule has 0 aliphatic rings. The van der Waals surface area contributed by atoms with Gasteiger partial charge in [0.25, 0.3) is 0 Å². The SMILES string of the molecule is Cc1ccc(C(=O)Oc2cc3cccc(NC(C)C(=O)O)c3cc2OC(=O)c2ccc(C)cc2)cc1. The van der Waals surface area contributed by atoms with Gasteiger partial charge in [-0.2, -0.15) is 0 Å². The van der Waals surface area contributed by atoms with E-state index in [0.717, 1.165) is 11.1 Å². The highest BCUT2D eigenvalue weighted by Crippen LogP contribution is 2.37. The topological polar surface area (TPSA) is 102 Å². The Morgan fingerprint density at radius 2 is 1.25 bits per heavy atom. The van der Waals surface area contributed by atoms with Crippen molar-refractivity contribution in [2.45, 2.75) is 26.8 Å². The highest BCUT2D eigenvalue weighted by molar-refractivity contribution is 6.00. The van der Waals surface area contributed by atoms with Crippen LogP contribution in [-0.2, 0) is 4.79 Å². The molecule has 0 heterocycles. The molecule has 0 aliphatic heterocycles. The standard InChI is InChI=1S/C29H25NO6/c1-17-7-11-20(12-8-17)28(33)35-25-15-22-5-4-6-24(30-19(3)27(31)32)23(22)16-26(25)36-29(34)21-13-9-18(2)10-14-21/h4-16,19,30H,1-3H3,(H,31,32). The predicted octanol–water partition coefficient (Wildman–Crippen LogP) is 5.78. The number of benzene rings is 4. The van der Waals surface area contributed by atoms with Crippen LogP contribution in [0, 0.1) is 13.8 Å². The maximum absolute atomic E-state index is 12.9. The number of aliphatic carboxylic acids is 1. The van der Waals surface area contributed by atoms with Crippen molar-refractivity contribution in [3.05, 3.63) is 101 Å². The van der Waals surface area contributed by atoms with E-state index in [2.05, 4.69) is 5.32 Å². The number of nitrogens with one attached hydrogen (secondary N) is 1. The summed E-state index contributed by atoms with van der Waals surface area (Å²) < 4.78 is 11.3. The molecule has 4 aromatic rings. The minimum absolute atomic E-state index is 0.0331. The van der Waals surface area contributed by atoms with Crippen LogP contribution in [0.2, 0.25) is 0 Å². The van der Waals surface area contributed by atoms with E-state index in [-0.39, 0.29) is 11.5 Å². The first-order chi connectivity index (χ1) is 17.2. The van der Waals surface area contributed by atoms with Crippen LogP contribution >= 0.6 is 0 Å². The Morgan fingerprint density at radius 1 is 0.750 bits per heavy atom. The average Bonchev–Trinajstić information content (AvgIpc) is 2.85. The number of rotatable bonds is 7. The summed E-state index contributed by atoms with van der Waals surface area (Å²) in [5.41, 5.74) is 3.21. The summed E-state index contributed by atoms with van der Waals surface area (Å²) in [5.74, 6) is -2.13. The molecule has 4 aromatic carbocycles. The summed E-state index contributed by atoms with van der Waals surface area (Å²) in [6, 6.07) is 21.4. The molecule has 1 atom stereocenters. The molecule has 2 N–H and O–H groups in total. The Kier molecular flexibility index (Phi) is 7.01. The molecule has 0 saturated carbocycles. The minimum Gasteiger partial charge on any atom is -0.480 e. The third kappa shape index (κ3) is 5.52. The normalized spacial score (nSPS) is 11.5. The first-order valence-electron chi connectivity index (χ1n) is 11.3. The maximum atomic E-state index is 12.9. The third-order valence-corrected chi connectivity index (χ3v) is 5.67. The molecule has 0 saturated heterocycles. The number of carboxylic acids is 1. The number of hydrogen-bond acceptors (Lipinski definition) is 6. The van der Waals surface area contributed by atoms with Gasteiger partial charge in [0.05, 0.1) is 11.1 Å². The number of hydrogen-bond donors (Lipinski definition) is 2. The van der Waals surface area contributed by atoms with Crippen LogP contribution in [0.25, 0.3) is 10.8 Å². The number of aryl methyl sites for hydroxylation is 2. The van der Waals surface area contributed by atoms with E-state index >= 15 is 0 Å². The largest absolute Gasteiger partial charge is 0.480 e. The molecule has 0 amide bonds. The Morgan fingerprint density at radius 3 is 1.75 bits per heavy atom. The fraction of sp³-hybridized carbons (Fsp3) is 0.138. The van der Waals surface area contributed by atoms with Crippen molar-refractivity contribution in [3.8, 4) is 11.5 Å². The van der Waals surface area contributed by atoms with E-state index in [1.807, 2.05) is 13.8 Å². The number of ether oxygens (including phenoxy) is 2. The van der Waals surface area contributed by atoms with E-state index < -0.39 is 23.9 Å². The van der Waals surface area contributed by atoms with E-state index in [0.29, 0.717) is 27.6 Å². The molecule has 0 fully saturated rings. The Labute approximate surface area is 208 Å². The lowest BCUT2D eigenvalue weighted by Gasteiger charge is -2.16. The molecule has 7 nitrogen and oxygen atoms in total. The first-order valence-corrected chi connectivity index (χ1v) is 11.3. The molecule has 0 radical (unpaired) electrons. The number of fused-ring (bicyclic) bond motifs is 1. The van der Waals surface area contributed by atoms with Crippen LogP contribution in [-0.4, -0.2) is 29.1 Å². The van der Waals surface area contributed by atoms with E-state index in [1.165, 1.54) is 6.92 Å². The molecule has 4 rings (SSSR count). The summed E-state index contributed by atoms with van der Waals surface area (Å²) in [4.78, 5) is 37.1. The van der Waals surface area contributed by atoms with Gasteiger partial charge in [-0.15, -0.1) is 0 Å². The Bertz CT molecular complexity index is 1440. The number of anilines is 1. The van der Waals surface area contributed by atoms with Gasteiger partial charge < -0.3 is 19.9 Å². The van der Waals surface area contributed by atoms with Gasteiger partial charge in [-0.05, 0) is 68.6 Å². The lowest BCUT2D eigenvalue weighted by Crippen LogP contribution is -2.25. The molecule has 7 heteroatoms. The predicted molar refractivity (Wildman–Crippen MR) is 137 cm³/mol. The second kappa shape index (κ2) is 10.3. The summed E-state index contributed by atoms with van der Waals surface area (Å²) in [7, 11) is 0. The molecule has 182 valence electrons. The Balaban J connectivity index is 1.75. The molecule has 36 heavy (non-hydrogen) atoms. The van der Waals surface area contributed by atoms with Crippen molar-refractivity contribution in [1.82, 2.24) is 0 Å². The van der Waals surface area contributed by atoms with Gasteiger partial charge in [0.1, 0.15) is 6.04 Å². The third-order valence-electron chi connectivity index (χ3n) is 5.67. The van der Waals surface area contributed by atoms with E-state index in [1.54, 1.807) is 78.9 Å². The average molecular weight is 484 g/mol. The zero-order valence-electron chi connectivity index (χ0n) is 20.1. The van der Waals surface area contributed by atoms with Gasteiger partial charge in [-0.1, -0.05) is 47.5 Å². The highest BCUT2D eigenvalue weighted by Gasteiger charge is 2.19. The van der Waals surface area contributed by atoms with Crippen LogP contribution in [0.3, 0.4) is 0 Å². The molecule has 0 aromatic heterocycles. The fourth-order valence-corrected chi connectivity index (χ4v) is 3.56. The molecule has 0 aliphatic carbocycles. The smallest absolute Gasteiger partial charge is 0.343 e. The van der Waals surface area contributed by atoms with Crippen molar-refractivity contribution in [2.75, 3.05) is 5.32 Å². The lowest BCUT2D eigenvalue weighted by molar-refractivity contribution is -0.137. The van der Waals surface area contributed by atoms with Crippen LogP contribution in [0.1, 0.15) is 38.8 Å². The second-order valence-electron chi connectivity index (χ2n) is 8.54. The Hall–Kier alpha value is -4.65. The van der Waals surface area contributed by atoms with Crippen LogP contribution in [0.15, 0.2) is 78.9 Å². The van der Waals surface area contributed by atoms with Crippen molar-refractivity contribution >= 4 is 34.4 Å². The summed E-state index contributed by atoms with van der Waals surface area (Å²) in [6.07, 6.45) is 0. The number of carboxylic acid groups (broad SMARTS) is 1. The van der Waals surface area contributed by atoms with Crippen molar-refractivity contribution < 1.29 is 29.0 Å². The summed E-state index contributed by atoms with van der Waals surface area (Å²) >= 11 is 0. The number of esters is 2. The minimum atomic E-state index is -1.01. The summed E-state index contributed by atoms with van der Waals surface area (Å²) in [5, 5.41) is 13.5. The van der Waals surface area contributed by atoms with Crippen LogP contribution < -0.4 is 14.8 Å². The summed E-state index contributed by atoms with van der Waals surface area (Å²) in [6.45, 7) is 5.35. The van der Waals surface area contributed by atoms with Gasteiger partial charge in [0.2, 0.25) is 0 Å². The van der Waals surface area contributed by atoms with E-state index in [4.69, 9.17) is 9.47 Å². The molecular formula is C29H25NO6. The van der Waals surface area contributed by atoms with Gasteiger partial charge in [0.15, 0.2) is 11.5 Å². The van der Waals surface area contributed by atoms with Crippen molar-refractivity contribution in [2.24, 2.45) is 0 Å². The first kappa shape index (κ1) is 24.5. The zero-order chi connectivity index (χ0) is 25.8. The molecule has 1 unspecified atom stereocenters. The van der Waals surface area contributed by atoms with Crippen LogP contribution in [0.5, 0.6) is 11.5 Å². The second-order valence-corrected chi connectivity index (χ2v) is 8.54. The quantitative estimate of drug-likeness (QED) is 0.254. The lowest BCUT2D eigenvalue weighted by atomic mass is 10.1. The van der Waals surface area contributed by atoms with Gasteiger partial charge in [-0.3, -0.25) is 4.79 Å². The van der Waals surface area contributed by atoms with Gasteiger partial charge >= 0.3 is 17.9 Å². The fourth-order valence-electron chi connectivity index (χ4n) is 3.56. The monoisotopic (exact) mass is 483 g/mol. The highest BCUT2D eigenvalue weighted by atomic mass is 16.6.